The van der Waals surface area contributed by atoms with Crippen LogP contribution < -0.4 is 5.32 Å². The topological polar surface area (TPSA) is 97.9 Å². The Hall–Kier alpha value is -2.52. The molecule has 0 atom stereocenters. The van der Waals surface area contributed by atoms with Crippen molar-refractivity contribution in [1.29, 1.82) is 0 Å². The summed E-state index contributed by atoms with van der Waals surface area (Å²) in [4.78, 5) is 12.3. The molecule has 1 aromatic carbocycles. The lowest BCUT2D eigenvalue weighted by Gasteiger charge is -2.07. The minimum atomic E-state index is -0.158. The molecule has 0 unspecified atom stereocenters. The van der Waals surface area contributed by atoms with E-state index in [0.29, 0.717) is 21.6 Å². The number of hydrogen-bond acceptors (Lipinski definition) is 6. The lowest BCUT2D eigenvalue weighted by atomic mass is 10.2. The Morgan fingerprint density at radius 1 is 1.30 bits per heavy atom. The summed E-state index contributed by atoms with van der Waals surface area (Å²) < 4.78 is 3.44. The second-order valence-electron chi connectivity index (χ2n) is 6.03. The van der Waals surface area contributed by atoms with Crippen LogP contribution in [-0.2, 0) is 18.9 Å². The van der Waals surface area contributed by atoms with Crippen LogP contribution in [0.4, 0.5) is 5.69 Å². The molecule has 10 heteroatoms. The smallest absolute Gasteiger partial charge is 0.234 e. The number of rotatable bonds is 5. The van der Waals surface area contributed by atoms with Gasteiger partial charge in [0.05, 0.1) is 28.4 Å². The normalized spacial score (nSPS) is 11.0. The molecule has 1 amide bonds. The highest BCUT2D eigenvalue weighted by Crippen LogP contribution is 2.32. The molecule has 3 rings (SSSR count). The highest BCUT2D eigenvalue weighted by molar-refractivity contribution is 7.99. The minimum absolute atomic E-state index is 0.0618. The first-order valence-corrected chi connectivity index (χ1v) is 9.45. The van der Waals surface area contributed by atoms with Crippen LogP contribution in [0.15, 0.2) is 23.4 Å². The number of nitrogens with one attached hydrogen (secondary N) is 1. The van der Waals surface area contributed by atoms with Crippen molar-refractivity contribution in [3.63, 3.8) is 0 Å². The number of aromatic hydroxyl groups is 1. The van der Waals surface area contributed by atoms with Crippen molar-refractivity contribution in [3.05, 3.63) is 34.6 Å². The summed E-state index contributed by atoms with van der Waals surface area (Å²) in [6, 6.07) is 4.72. The predicted molar refractivity (Wildman–Crippen MR) is 105 cm³/mol. The molecule has 142 valence electrons. The first-order chi connectivity index (χ1) is 12.8. The Kier molecular flexibility index (Phi) is 5.43. The van der Waals surface area contributed by atoms with Gasteiger partial charge < -0.3 is 15.0 Å². The van der Waals surface area contributed by atoms with Gasteiger partial charge in [-0.25, -0.2) is 0 Å². The van der Waals surface area contributed by atoms with E-state index in [9.17, 15) is 9.90 Å². The van der Waals surface area contributed by atoms with Crippen molar-refractivity contribution in [2.75, 3.05) is 11.1 Å². The lowest BCUT2D eigenvalue weighted by molar-refractivity contribution is -0.113. The maximum absolute atomic E-state index is 12.3. The number of carbonyl (C=O) groups excluding carboxylic acids is 1. The van der Waals surface area contributed by atoms with Crippen LogP contribution in [0.2, 0.25) is 5.02 Å². The van der Waals surface area contributed by atoms with Crippen molar-refractivity contribution in [1.82, 2.24) is 24.5 Å². The predicted octanol–water partition coefficient (Wildman–Crippen LogP) is 2.92. The van der Waals surface area contributed by atoms with Gasteiger partial charge in [0.1, 0.15) is 5.75 Å². The molecule has 0 aliphatic rings. The highest BCUT2D eigenvalue weighted by atomic mass is 35.5. The van der Waals surface area contributed by atoms with Gasteiger partial charge in [0, 0.05) is 19.1 Å². The maximum Gasteiger partial charge on any atom is 0.234 e. The van der Waals surface area contributed by atoms with E-state index in [0.717, 1.165) is 17.1 Å². The van der Waals surface area contributed by atoms with Gasteiger partial charge in [0.15, 0.2) is 11.0 Å². The van der Waals surface area contributed by atoms with Gasteiger partial charge in [-0.1, -0.05) is 23.4 Å². The number of aryl methyl sites for hydroxylation is 2. The first kappa shape index (κ1) is 19.2. The molecule has 27 heavy (non-hydrogen) atoms. The molecule has 2 aromatic heterocycles. The second kappa shape index (κ2) is 7.61. The Morgan fingerprint density at radius 3 is 2.70 bits per heavy atom. The molecule has 0 bridgehead atoms. The fourth-order valence-corrected chi connectivity index (χ4v) is 3.51. The quantitative estimate of drug-likeness (QED) is 0.632. The third-order valence-corrected chi connectivity index (χ3v) is 5.40. The summed E-state index contributed by atoms with van der Waals surface area (Å²) in [5, 5.41) is 26.5. The summed E-state index contributed by atoms with van der Waals surface area (Å²) in [7, 11) is 3.60. The van der Waals surface area contributed by atoms with E-state index in [1.165, 1.54) is 17.8 Å². The third-order valence-electron chi connectivity index (χ3n) is 4.14. The van der Waals surface area contributed by atoms with Crippen LogP contribution >= 0.6 is 23.4 Å². The first-order valence-electron chi connectivity index (χ1n) is 8.09. The average Bonchev–Trinajstić information content (AvgIpc) is 3.09. The molecular weight excluding hydrogens is 388 g/mol. The van der Waals surface area contributed by atoms with Gasteiger partial charge in [0.25, 0.3) is 0 Å². The molecule has 0 radical (unpaired) electrons. The second-order valence-corrected chi connectivity index (χ2v) is 7.41. The fraction of sp³-hybridized carbons (Fsp3) is 0.294. The Bertz CT molecular complexity index is 1010. The molecule has 3 aromatic rings. The monoisotopic (exact) mass is 406 g/mol. The van der Waals surface area contributed by atoms with Gasteiger partial charge in [-0.2, -0.15) is 5.10 Å². The van der Waals surface area contributed by atoms with Crippen molar-refractivity contribution < 1.29 is 9.90 Å². The number of phenols is 1. The SMILES string of the molecule is Cc1nn(C)c(C)c1NC(=O)CSc1nnc(-c2cc(Cl)ccc2O)n1C. The molecule has 0 aliphatic heterocycles. The number of hydrogen-bond donors (Lipinski definition) is 2. The standard InChI is InChI=1S/C17H19ClN6O2S/c1-9-15(10(2)24(4)22-9)19-14(26)8-27-17-21-20-16(23(17)3)12-7-11(18)5-6-13(12)25/h5-7,25H,8H2,1-4H3,(H,19,26). The van der Waals surface area contributed by atoms with Crippen LogP contribution in [0.1, 0.15) is 11.4 Å². The van der Waals surface area contributed by atoms with E-state index < -0.39 is 0 Å². The Balaban J connectivity index is 1.71. The van der Waals surface area contributed by atoms with E-state index in [1.807, 2.05) is 20.9 Å². The van der Waals surface area contributed by atoms with E-state index in [1.54, 1.807) is 28.4 Å². The van der Waals surface area contributed by atoms with Crippen molar-refractivity contribution in [2.45, 2.75) is 19.0 Å². The van der Waals surface area contributed by atoms with Crippen molar-refractivity contribution in [2.24, 2.45) is 14.1 Å². The largest absolute Gasteiger partial charge is 0.507 e. The molecule has 0 aliphatic carbocycles. The van der Waals surface area contributed by atoms with Crippen LogP contribution in [0, 0.1) is 13.8 Å². The van der Waals surface area contributed by atoms with Gasteiger partial charge in [-0.3, -0.25) is 9.48 Å². The third kappa shape index (κ3) is 3.93. The number of amides is 1. The van der Waals surface area contributed by atoms with Crippen LogP contribution in [0.25, 0.3) is 11.4 Å². The molecule has 2 heterocycles. The summed E-state index contributed by atoms with van der Waals surface area (Å²) >= 11 is 7.25. The zero-order chi connectivity index (χ0) is 19.7. The molecule has 2 N–H and O–H groups in total. The van der Waals surface area contributed by atoms with E-state index in [2.05, 4.69) is 20.6 Å². The molecule has 8 nitrogen and oxygen atoms in total. The van der Waals surface area contributed by atoms with Gasteiger partial charge in [0.2, 0.25) is 5.91 Å². The number of aromatic nitrogens is 5. The van der Waals surface area contributed by atoms with Crippen LogP contribution in [-0.4, -0.2) is 41.3 Å². The van der Waals surface area contributed by atoms with E-state index in [4.69, 9.17) is 11.6 Å². The molecular formula is C17H19ClN6O2S. The average molecular weight is 407 g/mol. The summed E-state index contributed by atoms with van der Waals surface area (Å²) in [6.07, 6.45) is 0. The van der Waals surface area contributed by atoms with Gasteiger partial charge in [-0.05, 0) is 32.0 Å². The molecule has 0 saturated heterocycles. The summed E-state index contributed by atoms with van der Waals surface area (Å²) in [6.45, 7) is 3.75. The number of nitrogens with zero attached hydrogens (tertiary/aromatic N) is 5. The maximum atomic E-state index is 12.3. The minimum Gasteiger partial charge on any atom is -0.507 e. The van der Waals surface area contributed by atoms with E-state index >= 15 is 0 Å². The number of halogens is 1. The van der Waals surface area contributed by atoms with Crippen LogP contribution in [0.3, 0.4) is 0 Å². The zero-order valence-electron chi connectivity index (χ0n) is 15.3. The Labute approximate surface area is 165 Å². The summed E-state index contributed by atoms with van der Waals surface area (Å²) in [5.41, 5.74) is 2.87. The number of thioether (sulfide) groups is 1. The van der Waals surface area contributed by atoms with E-state index in [-0.39, 0.29) is 17.4 Å². The van der Waals surface area contributed by atoms with Crippen LogP contribution in [0.5, 0.6) is 5.75 Å². The number of phenolic OH excluding ortho intramolecular Hbond substituents is 1. The molecule has 0 spiro atoms. The highest BCUT2D eigenvalue weighted by Gasteiger charge is 2.17. The molecule has 0 fully saturated rings. The number of anilines is 1. The fourth-order valence-electron chi connectivity index (χ4n) is 2.62. The Morgan fingerprint density at radius 2 is 2.04 bits per heavy atom. The number of benzene rings is 1. The van der Waals surface area contributed by atoms with Crippen molar-refractivity contribution >= 4 is 35.0 Å². The zero-order valence-corrected chi connectivity index (χ0v) is 16.9. The van der Waals surface area contributed by atoms with Gasteiger partial charge >= 0.3 is 0 Å². The number of carbonyl (C=O) groups is 1. The van der Waals surface area contributed by atoms with Crippen molar-refractivity contribution in [3.8, 4) is 17.1 Å². The lowest BCUT2D eigenvalue weighted by Crippen LogP contribution is -2.15. The summed E-state index contributed by atoms with van der Waals surface area (Å²) in [5.74, 6) is 0.541. The molecule has 0 saturated carbocycles. The van der Waals surface area contributed by atoms with Gasteiger partial charge in [-0.15, -0.1) is 10.2 Å².